The summed E-state index contributed by atoms with van der Waals surface area (Å²) in [5.74, 6) is 0.559. The second-order valence-electron chi connectivity index (χ2n) is 3.30. The third-order valence-electron chi connectivity index (χ3n) is 1.99. The van der Waals surface area contributed by atoms with E-state index in [0.29, 0.717) is 12.4 Å². The summed E-state index contributed by atoms with van der Waals surface area (Å²) in [7, 11) is 0. The molecule has 2 heterocycles. The summed E-state index contributed by atoms with van der Waals surface area (Å²) in [6, 6.07) is 1.87. The van der Waals surface area contributed by atoms with E-state index in [-0.39, 0.29) is 11.7 Å². The quantitative estimate of drug-likeness (QED) is 0.461. The van der Waals surface area contributed by atoms with Crippen molar-refractivity contribution in [2.24, 2.45) is 0 Å². The lowest BCUT2D eigenvalue weighted by atomic mass is 10.5. The molecule has 17 heavy (non-hydrogen) atoms. The van der Waals surface area contributed by atoms with Crippen molar-refractivity contribution in [3.63, 3.8) is 0 Å². The number of fused-ring (bicyclic) bond motifs is 1. The molecule has 7 heteroatoms. The highest BCUT2D eigenvalue weighted by molar-refractivity contribution is 7.99. The largest absolute Gasteiger partial charge is 0.465 e. The Bertz CT molecular complexity index is 540. The molecule has 2 aromatic heterocycles. The van der Waals surface area contributed by atoms with E-state index in [2.05, 4.69) is 15.1 Å². The molecule has 0 N–H and O–H groups in total. The third-order valence-corrected chi connectivity index (χ3v) is 2.96. The predicted molar refractivity (Wildman–Crippen MR) is 62.9 cm³/mol. The molecule has 0 spiro atoms. The van der Waals surface area contributed by atoms with Crippen LogP contribution in [0.5, 0.6) is 0 Å². The van der Waals surface area contributed by atoms with Crippen LogP contribution in [0, 0.1) is 6.92 Å². The van der Waals surface area contributed by atoms with Crippen LogP contribution >= 0.6 is 11.8 Å². The standard InChI is InChI=1S/C10H12N4O2S/c1-3-16-9(15)5-17-8-4-7(2)13-10-11-6-12-14(8)10/h4,6H,3,5H2,1-2H3. The Morgan fingerprint density at radius 3 is 3.18 bits per heavy atom. The van der Waals surface area contributed by atoms with Gasteiger partial charge in [-0.3, -0.25) is 4.79 Å². The number of rotatable bonds is 4. The SMILES string of the molecule is CCOC(=O)CSc1cc(C)nc2ncnn12. The average Bonchev–Trinajstić information content (AvgIpc) is 2.74. The predicted octanol–water partition coefficient (Wildman–Crippen LogP) is 1.09. The molecule has 6 nitrogen and oxygen atoms in total. The van der Waals surface area contributed by atoms with Gasteiger partial charge in [0.05, 0.1) is 12.4 Å². The van der Waals surface area contributed by atoms with Crippen LogP contribution in [0.1, 0.15) is 12.6 Å². The molecule has 2 aromatic rings. The number of aromatic nitrogens is 4. The van der Waals surface area contributed by atoms with E-state index < -0.39 is 0 Å². The fourth-order valence-electron chi connectivity index (χ4n) is 1.34. The van der Waals surface area contributed by atoms with Crippen LogP contribution < -0.4 is 0 Å². The van der Waals surface area contributed by atoms with Gasteiger partial charge in [0.15, 0.2) is 0 Å². The number of carbonyl (C=O) groups is 1. The summed E-state index contributed by atoms with van der Waals surface area (Å²) in [5, 5.41) is 4.89. The first-order valence-corrected chi connectivity index (χ1v) is 6.15. The highest BCUT2D eigenvalue weighted by Gasteiger charge is 2.09. The smallest absolute Gasteiger partial charge is 0.316 e. The minimum Gasteiger partial charge on any atom is -0.465 e. The number of thioether (sulfide) groups is 1. The number of hydrogen-bond donors (Lipinski definition) is 0. The van der Waals surface area contributed by atoms with E-state index in [9.17, 15) is 4.79 Å². The molecular weight excluding hydrogens is 240 g/mol. The molecule has 0 fully saturated rings. The molecule has 0 unspecified atom stereocenters. The van der Waals surface area contributed by atoms with Crippen molar-refractivity contribution in [3.05, 3.63) is 18.1 Å². The molecule has 0 radical (unpaired) electrons. The normalized spacial score (nSPS) is 10.7. The second-order valence-corrected chi connectivity index (χ2v) is 4.30. The summed E-state index contributed by atoms with van der Waals surface area (Å²) in [4.78, 5) is 19.5. The van der Waals surface area contributed by atoms with Crippen molar-refractivity contribution in [2.75, 3.05) is 12.4 Å². The Hall–Kier alpha value is -1.63. The summed E-state index contributed by atoms with van der Waals surface area (Å²) >= 11 is 1.36. The number of ether oxygens (including phenoxy) is 1. The van der Waals surface area contributed by atoms with Crippen molar-refractivity contribution in [1.82, 2.24) is 19.6 Å². The third kappa shape index (κ3) is 2.73. The summed E-state index contributed by atoms with van der Waals surface area (Å²) < 4.78 is 6.47. The molecule has 0 saturated carbocycles. The Kier molecular flexibility index (Phi) is 3.58. The Balaban J connectivity index is 2.17. The van der Waals surface area contributed by atoms with Gasteiger partial charge in [-0.15, -0.1) is 0 Å². The lowest BCUT2D eigenvalue weighted by Crippen LogP contribution is -2.07. The first-order valence-electron chi connectivity index (χ1n) is 5.16. The van der Waals surface area contributed by atoms with Crippen molar-refractivity contribution in [2.45, 2.75) is 18.9 Å². The Labute approximate surface area is 102 Å². The molecule has 0 aliphatic carbocycles. The van der Waals surface area contributed by atoms with Gasteiger partial charge in [-0.2, -0.15) is 14.6 Å². The van der Waals surface area contributed by atoms with E-state index in [0.717, 1.165) is 10.7 Å². The van der Waals surface area contributed by atoms with Gasteiger partial charge in [0.2, 0.25) is 0 Å². The van der Waals surface area contributed by atoms with E-state index in [1.165, 1.54) is 18.1 Å². The van der Waals surface area contributed by atoms with Gasteiger partial charge in [-0.05, 0) is 19.9 Å². The molecule has 0 saturated heterocycles. The van der Waals surface area contributed by atoms with Crippen LogP contribution in [0.15, 0.2) is 17.4 Å². The topological polar surface area (TPSA) is 69.4 Å². The number of nitrogens with zero attached hydrogens (tertiary/aromatic N) is 4. The summed E-state index contributed by atoms with van der Waals surface area (Å²) in [6.45, 7) is 4.06. The van der Waals surface area contributed by atoms with Crippen LogP contribution in [0.2, 0.25) is 0 Å². The van der Waals surface area contributed by atoms with E-state index in [1.807, 2.05) is 13.0 Å². The zero-order chi connectivity index (χ0) is 12.3. The van der Waals surface area contributed by atoms with E-state index in [1.54, 1.807) is 11.4 Å². The molecule has 0 atom stereocenters. The highest BCUT2D eigenvalue weighted by Crippen LogP contribution is 2.18. The van der Waals surface area contributed by atoms with E-state index in [4.69, 9.17) is 4.74 Å². The molecule has 2 rings (SSSR count). The monoisotopic (exact) mass is 252 g/mol. The number of esters is 1. The molecule has 0 bridgehead atoms. The second kappa shape index (κ2) is 5.13. The average molecular weight is 252 g/mol. The van der Waals surface area contributed by atoms with Gasteiger partial charge in [0, 0.05) is 5.69 Å². The summed E-state index contributed by atoms with van der Waals surface area (Å²) in [6.07, 6.45) is 1.44. The lowest BCUT2D eigenvalue weighted by Gasteiger charge is -2.04. The van der Waals surface area contributed by atoms with Crippen LogP contribution in [0.25, 0.3) is 5.78 Å². The maximum absolute atomic E-state index is 11.3. The maximum Gasteiger partial charge on any atom is 0.316 e. The Morgan fingerprint density at radius 1 is 1.59 bits per heavy atom. The van der Waals surface area contributed by atoms with Crippen LogP contribution in [0.4, 0.5) is 0 Å². The van der Waals surface area contributed by atoms with Gasteiger partial charge in [0.1, 0.15) is 11.4 Å². The molecule has 0 aliphatic heterocycles. The van der Waals surface area contributed by atoms with Crippen molar-refractivity contribution < 1.29 is 9.53 Å². The first-order chi connectivity index (χ1) is 8.20. The number of carbonyl (C=O) groups excluding carboxylic acids is 1. The number of hydrogen-bond acceptors (Lipinski definition) is 6. The zero-order valence-corrected chi connectivity index (χ0v) is 10.4. The van der Waals surface area contributed by atoms with Gasteiger partial charge < -0.3 is 4.74 Å². The minimum absolute atomic E-state index is 0.236. The first kappa shape index (κ1) is 11.8. The fourth-order valence-corrected chi connectivity index (χ4v) is 2.19. The van der Waals surface area contributed by atoms with Crippen LogP contribution in [-0.4, -0.2) is 37.9 Å². The van der Waals surface area contributed by atoms with Gasteiger partial charge >= 0.3 is 5.97 Å². The van der Waals surface area contributed by atoms with Crippen molar-refractivity contribution in [3.8, 4) is 0 Å². The molecule has 0 aliphatic rings. The van der Waals surface area contributed by atoms with Crippen LogP contribution in [0.3, 0.4) is 0 Å². The minimum atomic E-state index is -0.236. The number of aryl methyl sites for hydroxylation is 1. The van der Waals surface area contributed by atoms with Crippen LogP contribution in [-0.2, 0) is 9.53 Å². The molecule has 0 amide bonds. The molecular formula is C10H12N4O2S. The zero-order valence-electron chi connectivity index (χ0n) is 9.58. The maximum atomic E-state index is 11.3. The van der Waals surface area contributed by atoms with Gasteiger partial charge in [-0.25, -0.2) is 4.98 Å². The summed E-state index contributed by atoms with van der Waals surface area (Å²) in [5.41, 5.74) is 0.844. The van der Waals surface area contributed by atoms with E-state index >= 15 is 0 Å². The van der Waals surface area contributed by atoms with Gasteiger partial charge in [0.25, 0.3) is 5.78 Å². The highest BCUT2D eigenvalue weighted by atomic mass is 32.2. The fraction of sp³-hybridized carbons (Fsp3) is 0.400. The van der Waals surface area contributed by atoms with Crippen molar-refractivity contribution in [1.29, 1.82) is 0 Å². The van der Waals surface area contributed by atoms with Gasteiger partial charge in [-0.1, -0.05) is 11.8 Å². The Morgan fingerprint density at radius 2 is 2.41 bits per heavy atom. The van der Waals surface area contributed by atoms with Crippen molar-refractivity contribution >= 4 is 23.5 Å². The lowest BCUT2D eigenvalue weighted by molar-refractivity contribution is -0.139. The molecule has 90 valence electrons. The molecule has 0 aromatic carbocycles.